The summed E-state index contributed by atoms with van der Waals surface area (Å²) in [6.07, 6.45) is 5.58. The summed E-state index contributed by atoms with van der Waals surface area (Å²) in [5.74, 6) is 0.661. The molecule has 104 valence electrons. The van der Waals surface area contributed by atoms with Crippen molar-refractivity contribution in [2.75, 3.05) is 7.11 Å². The molecule has 0 amide bonds. The molecule has 2 rings (SSSR count). The number of aliphatic carboxylic acids is 1. The normalized spacial score (nSPS) is 15.4. The average Bonchev–Trinajstić information content (AvgIpc) is 2.90. The smallest absolute Gasteiger partial charge is 0.303 e. The SMILES string of the molecule is COc1cc(CCC(=O)O)ccc1OC1CCCC1. The zero-order chi connectivity index (χ0) is 13.7. The second-order valence-corrected chi connectivity index (χ2v) is 4.90. The molecule has 0 saturated heterocycles. The van der Waals surface area contributed by atoms with Crippen molar-refractivity contribution in [3.8, 4) is 11.5 Å². The molecular formula is C15H20O4. The van der Waals surface area contributed by atoms with Crippen LogP contribution in [0.2, 0.25) is 0 Å². The molecule has 0 aliphatic heterocycles. The van der Waals surface area contributed by atoms with E-state index in [-0.39, 0.29) is 6.42 Å². The number of methoxy groups -OCH3 is 1. The van der Waals surface area contributed by atoms with Crippen molar-refractivity contribution >= 4 is 5.97 Å². The van der Waals surface area contributed by atoms with Crippen molar-refractivity contribution in [2.24, 2.45) is 0 Å². The number of aryl methyl sites for hydroxylation is 1. The van der Waals surface area contributed by atoms with Crippen LogP contribution in [-0.2, 0) is 11.2 Å². The van der Waals surface area contributed by atoms with E-state index in [2.05, 4.69) is 0 Å². The Morgan fingerprint density at radius 2 is 2.05 bits per heavy atom. The summed E-state index contributed by atoms with van der Waals surface area (Å²) in [6.45, 7) is 0. The highest BCUT2D eigenvalue weighted by molar-refractivity contribution is 5.67. The molecule has 1 aromatic rings. The molecule has 1 saturated carbocycles. The lowest BCUT2D eigenvalue weighted by Crippen LogP contribution is -2.11. The standard InChI is InChI=1S/C15H20O4/c1-18-14-10-11(7-9-15(16)17)6-8-13(14)19-12-4-2-3-5-12/h6,8,10,12H,2-5,7,9H2,1H3,(H,16,17). The van der Waals surface area contributed by atoms with Crippen molar-refractivity contribution < 1.29 is 19.4 Å². The number of rotatable bonds is 6. The third-order valence-corrected chi connectivity index (χ3v) is 3.45. The maximum Gasteiger partial charge on any atom is 0.303 e. The number of carboxylic acid groups (broad SMARTS) is 1. The Labute approximate surface area is 113 Å². The summed E-state index contributed by atoms with van der Waals surface area (Å²) in [4.78, 5) is 10.6. The van der Waals surface area contributed by atoms with Gasteiger partial charge in [0.25, 0.3) is 0 Å². The van der Waals surface area contributed by atoms with E-state index in [1.54, 1.807) is 7.11 Å². The Bertz CT molecular complexity index is 436. The average molecular weight is 264 g/mol. The molecule has 1 fully saturated rings. The predicted octanol–water partition coefficient (Wildman–Crippen LogP) is 3.03. The van der Waals surface area contributed by atoms with Gasteiger partial charge < -0.3 is 14.6 Å². The minimum Gasteiger partial charge on any atom is -0.493 e. The Morgan fingerprint density at radius 3 is 2.68 bits per heavy atom. The van der Waals surface area contributed by atoms with Crippen molar-refractivity contribution in [1.29, 1.82) is 0 Å². The fourth-order valence-corrected chi connectivity index (χ4v) is 2.40. The monoisotopic (exact) mass is 264 g/mol. The third-order valence-electron chi connectivity index (χ3n) is 3.45. The number of hydrogen-bond donors (Lipinski definition) is 1. The van der Waals surface area contributed by atoms with Gasteiger partial charge in [-0.2, -0.15) is 0 Å². The van der Waals surface area contributed by atoms with Crippen LogP contribution in [0.1, 0.15) is 37.7 Å². The van der Waals surface area contributed by atoms with E-state index in [1.165, 1.54) is 12.8 Å². The lowest BCUT2D eigenvalue weighted by Gasteiger charge is -2.16. The summed E-state index contributed by atoms with van der Waals surface area (Å²) in [7, 11) is 1.61. The van der Waals surface area contributed by atoms with Crippen LogP contribution >= 0.6 is 0 Å². The van der Waals surface area contributed by atoms with Crippen LogP contribution < -0.4 is 9.47 Å². The van der Waals surface area contributed by atoms with E-state index < -0.39 is 5.97 Å². The second kappa shape index (κ2) is 6.45. The fraction of sp³-hybridized carbons (Fsp3) is 0.533. The van der Waals surface area contributed by atoms with E-state index in [1.807, 2.05) is 18.2 Å². The number of benzene rings is 1. The van der Waals surface area contributed by atoms with Crippen molar-refractivity contribution in [3.63, 3.8) is 0 Å². The predicted molar refractivity (Wildman–Crippen MR) is 71.8 cm³/mol. The first kappa shape index (κ1) is 13.7. The molecule has 4 nitrogen and oxygen atoms in total. The third kappa shape index (κ3) is 3.88. The lowest BCUT2D eigenvalue weighted by atomic mass is 10.1. The van der Waals surface area contributed by atoms with Gasteiger partial charge in [-0.05, 0) is 49.8 Å². The highest BCUT2D eigenvalue weighted by Gasteiger charge is 2.18. The van der Waals surface area contributed by atoms with Crippen molar-refractivity contribution in [2.45, 2.75) is 44.6 Å². The molecular weight excluding hydrogens is 244 g/mol. The Kier molecular flexibility index (Phi) is 4.66. The summed E-state index contributed by atoms with van der Waals surface area (Å²) in [5.41, 5.74) is 0.957. The Balaban J connectivity index is 2.04. The first-order valence-corrected chi connectivity index (χ1v) is 6.74. The maximum atomic E-state index is 10.6. The fourth-order valence-electron chi connectivity index (χ4n) is 2.40. The van der Waals surface area contributed by atoms with Gasteiger partial charge in [-0.15, -0.1) is 0 Å². The summed E-state index contributed by atoms with van der Waals surface area (Å²) < 4.78 is 11.3. The maximum absolute atomic E-state index is 10.6. The van der Waals surface area contributed by atoms with Gasteiger partial charge in [0.15, 0.2) is 11.5 Å². The van der Waals surface area contributed by atoms with E-state index in [0.717, 1.165) is 24.2 Å². The molecule has 4 heteroatoms. The largest absolute Gasteiger partial charge is 0.493 e. The van der Waals surface area contributed by atoms with Crippen LogP contribution in [0.3, 0.4) is 0 Å². The molecule has 0 spiro atoms. The molecule has 19 heavy (non-hydrogen) atoms. The van der Waals surface area contributed by atoms with E-state index in [9.17, 15) is 4.79 Å². The molecule has 0 unspecified atom stereocenters. The molecule has 1 aliphatic rings. The van der Waals surface area contributed by atoms with E-state index in [0.29, 0.717) is 18.3 Å². The number of carbonyl (C=O) groups is 1. The summed E-state index contributed by atoms with van der Waals surface area (Å²) in [6, 6.07) is 5.66. The highest BCUT2D eigenvalue weighted by Crippen LogP contribution is 2.32. The van der Waals surface area contributed by atoms with Crippen LogP contribution in [0.5, 0.6) is 11.5 Å². The Morgan fingerprint density at radius 1 is 1.32 bits per heavy atom. The summed E-state index contributed by atoms with van der Waals surface area (Å²) >= 11 is 0. The molecule has 1 aliphatic carbocycles. The van der Waals surface area contributed by atoms with Crippen LogP contribution in [-0.4, -0.2) is 24.3 Å². The van der Waals surface area contributed by atoms with Crippen LogP contribution in [0.15, 0.2) is 18.2 Å². The molecule has 0 radical (unpaired) electrons. The van der Waals surface area contributed by atoms with Gasteiger partial charge in [0.05, 0.1) is 13.2 Å². The van der Waals surface area contributed by atoms with Gasteiger partial charge in [0.1, 0.15) is 0 Å². The molecule has 1 aromatic carbocycles. The second-order valence-electron chi connectivity index (χ2n) is 4.90. The highest BCUT2D eigenvalue weighted by atomic mass is 16.5. The van der Waals surface area contributed by atoms with Crippen molar-refractivity contribution in [3.05, 3.63) is 23.8 Å². The Hall–Kier alpha value is -1.71. The van der Waals surface area contributed by atoms with E-state index >= 15 is 0 Å². The topological polar surface area (TPSA) is 55.8 Å². The first-order valence-electron chi connectivity index (χ1n) is 6.74. The molecule has 0 aromatic heterocycles. The zero-order valence-electron chi connectivity index (χ0n) is 11.2. The molecule has 0 atom stereocenters. The minimum atomic E-state index is -0.787. The van der Waals surface area contributed by atoms with Crippen molar-refractivity contribution in [1.82, 2.24) is 0 Å². The molecule has 0 heterocycles. The van der Waals surface area contributed by atoms with Crippen LogP contribution in [0, 0.1) is 0 Å². The molecule has 1 N–H and O–H groups in total. The number of carboxylic acids is 1. The first-order chi connectivity index (χ1) is 9.19. The van der Waals surface area contributed by atoms with Gasteiger partial charge in [-0.1, -0.05) is 6.07 Å². The quantitative estimate of drug-likeness (QED) is 0.858. The van der Waals surface area contributed by atoms with E-state index in [4.69, 9.17) is 14.6 Å². The minimum absolute atomic E-state index is 0.131. The number of ether oxygens (including phenoxy) is 2. The van der Waals surface area contributed by atoms with Crippen LogP contribution in [0.25, 0.3) is 0 Å². The van der Waals surface area contributed by atoms with Gasteiger partial charge in [0, 0.05) is 6.42 Å². The van der Waals surface area contributed by atoms with Gasteiger partial charge in [0.2, 0.25) is 0 Å². The number of hydrogen-bond acceptors (Lipinski definition) is 3. The van der Waals surface area contributed by atoms with Gasteiger partial charge in [-0.25, -0.2) is 0 Å². The summed E-state index contributed by atoms with van der Waals surface area (Å²) in [5, 5.41) is 8.69. The zero-order valence-corrected chi connectivity index (χ0v) is 11.2. The van der Waals surface area contributed by atoms with Gasteiger partial charge >= 0.3 is 5.97 Å². The lowest BCUT2D eigenvalue weighted by molar-refractivity contribution is -0.136. The van der Waals surface area contributed by atoms with Crippen LogP contribution in [0.4, 0.5) is 0 Å². The van der Waals surface area contributed by atoms with Gasteiger partial charge in [-0.3, -0.25) is 4.79 Å². The molecule has 0 bridgehead atoms.